The van der Waals surface area contributed by atoms with Crippen molar-refractivity contribution < 1.29 is 10.2 Å². The zero-order valence-electron chi connectivity index (χ0n) is 7.60. The van der Waals surface area contributed by atoms with E-state index in [4.69, 9.17) is 5.73 Å². The molecule has 1 aromatic heterocycles. The monoisotopic (exact) mass is 260 g/mol. The van der Waals surface area contributed by atoms with Gasteiger partial charge in [-0.2, -0.15) is 0 Å². The summed E-state index contributed by atoms with van der Waals surface area (Å²) >= 11 is 3.20. The van der Waals surface area contributed by atoms with E-state index in [1.807, 2.05) is 0 Å². The Kier molecular flexibility index (Phi) is 4.47. The van der Waals surface area contributed by atoms with Gasteiger partial charge in [0.25, 0.3) is 0 Å². The molecule has 0 aliphatic carbocycles. The zero-order valence-corrected chi connectivity index (χ0v) is 9.18. The fourth-order valence-corrected chi connectivity index (χ4v) is 1.64. The van der Waals surface area contributed by atoms with Crippen LogP contribution in [-0.2, 0) is 0 Å². The largest absolute Gasteiger partial charge is 0.390 e. The Hall–Kier alpha value is -0.490. The van der Waals surface area contributed by atoms with Crippen molar-refractivity contribution in [1.29, 1.82) is 0 Å². The summed E-state index contributed by atoms with van der Waals surface area (Å²) in [6.07, 6.45) is 0.181. The average molecular weight is 261 g/mol. The number of pyridine rings is 1. The fraction of sp³-hybridized carbons (Fsp3) is 0.444. The van der Waals surface area contributed by atoms with Crippen LogP contribution in [0.2, 0.25) is 0 Å². The highest BCUT2D eigenvalue weighted by molar-refractivity contribution is 9.10. The molecule has 0 aliphatic heterocycles. The van der Waals surface area contributed by atoms with Gasteiger partial charge in [0.05, 0.1) is 6.10 Å². The Bertz CT molecular complexity index is 296. The van der Waals surface area contributed by atoms with Crippen molar-refractivity contribution in [3.05, 3.63) is 28.5 Å². The maximum absolute atomic E-state index is 9.73. The summed E-state index contributed by atoms with van der Waals surface area (Å²) in [5.41, 5.74) is 5.86. The lowest BCUT2D eigenvalue weighted by molar-refractivity contribution is 0.0144. The van der Waals surface area contributed by atoms with Crippen molar-refractivity contribution in [1.82, 2.24) is 4.98 Å². The quantitative estimate of drug-likeness (QED) is 0.693. The smallest absolute Gasteiger partial charge is 0.111 e. The molecule has 1 heterocycles. The Balaban J connectivity index is 2.78. The van der Waals surface area contributed by atoms with Crippen molar-refractivity contribution in [2.75, 3.05) is 6.54 Å². The summed E-state index contributed by atoms with van der Waals surface area (Å²) in [6, 6.07) is 3.42. The average Bonchev–Trinajstić information content (AvgIpc) is 2.18. The molecule has 2 atom stereocenters. The number of aromatic nitrogens is 1. The predicted molar refractivity (Wildman–Crippen MR) is 56.6 cm³/mol. The van der Waals surface area contributed by atoms with Crippen molar-refractivity contribution in [2.24, 2.45) is 5.73 Å². The molecule has 0 spiro atoms. The van der Waals surface area contributed by atoms with Gasteiger partial charge in [-0.25, -0.2) is 4.98 Å². The van der Waals surface area contributed by atoms with E-state index in [2.05, 4.69) is 20.9 Å². The molecular weight excluding hydrogens is 248 g/mol. The summed E-state index contributed by atoms with van der Waals surface area (Å²) in [4.78, 5) is 3.96. The minimum Gasteiger partial charge on any atom is -0.390 e. The third-order valence-corrected chi connectivity index (χ3v) is 2.60. The second-order valence-electron chi connectivity index (χ2n) is 2.97. The topological polar surface area (TPSA) is 79.4 Å². The van der Waals surface area contributed by atoms with E-state index in [0.29, 0.717) is 23.1 Å². The molecule has 1 aromatic rings. The molecule has 14 heavy (non-hydrogen) atoms. The van der Waals surface area contributed by atoms with Crippen molar-refractivity contribution in [3.8, 4) is 0 Å². The Morgan fingerprint density at radius 3 is 2.79 bits per heavy atom. The zero-order chi connectivity index (χ0) is 10.6. The van der Waals surface area contributed by atoms with Crippen LogP contribution >= 0.6 is 15.9 Å². The van der Waals surface area contributed by atoms with E-state index >= 15 is 0 Å². The molecule has 0 saturated carbocycles. The van der Waals surface area contributed by atoms with Gasteiger partial charge in [-0.3, -0.25) is 0 Å². The van der Waals surface area contributed by atoms with Gasteiger partial charge < -0.3 is 15.9 Å². The van der Waals surface area contributed by atoms with Crippen LogP contribution in [0.25, 0.3) is 0 Å². The number of aliphatic hydroxyl groups excluding tert-OH is 2. The molecule has 0 aromatic carbocycles. The molecule has 0 radical (unpaired) electrons. The molecule has 0 aliphatic rings. The molecule has 4 nitrogen and oxygen atoms in total. The van der Waals surface area contributed by atoms with Gasteiger partial charge in [0.15, 0.2) is 0 Å². The first kappa shape index (κ1) is 11.6. The van der Waals surface area contributed by atoms with E-state index < -0.39 is 12.2 Å². The van der Waals surface area contributed by atoms with Crippen LogP contribution in [0.4, 0.5) is 0 Å². The SMILES string of the molecule is NCCC(O)C(O)c1cccnc1Br. The first-order valence-corrected chi connectivity index (χ1v) is 5.12. The highest BCUT2D eigenvalue weighted by Crippen LogP contribution is 2.24. The van der Waals surface area contributed by atoms with Crippen LogP contribution in [0.1, 0.15) is 18.1 Å². The number of hydrogen-bond acceptors (Lipinski definition) is 4. The number of rotatable bonds is 4. The molecule has 1 rings (SSSR count). The Labute approximate surface area is 90.9 Å². The second-order valence-corrected chi connectivity index (χ2v) is 3.72. The molecule has 0 fully saturated rings. The minimum absolute atomic E-state index is 0.343. The molecular formula is C9H13BrN2O2. The predicted octanol–water partition coefficient (Wildman–Crippen LogP) is 0.587. The maximum Gasteiger partial charge on any atom is 0.111 e. The van der Waals surface area contributed by atoms with E-state index in [9.17, 15) is 10.2 Å². The normalized spacial score (nSPS) is 15.1. The van der Waals surface area contributed by atoms with Gasteiger partial charge >= 0.3 is 0 Å². The molecule has 2 unspecified atom stereocenters. The number of aliphatic hydroxyl groups is 2. The summed E-state index contributed by atoms with van der Waals surface area (Å²) in [5, 5.41) is 19.2. The lowest BCUT2D eigenvalue weighted by atomic mass is 10.0. The van der Waals surface area contributed by atoms with Gasteiger partial charge in [0.1, 0.15) is 10.7 Å². The maximum atomic E-state index is 9.73. The van der Waals surface area contributed by atoms with Crippen LogP contribution < -0.4 is 5.73 Å². The standard InChI is InChI=1S/C9H13BrN2O2/c10-9-6(2-1-5-12-9)8(14)7(13)3-4-11/h1-2,5,7-8,13-14H,3-4,11H2. The van der Waals surface area contributed by atoms with Crippen molar-refractivity contribution >= 4 is 15.9 Å². The van der Waals surface area contributed by atoms with Crippen LogP contribution in [0, 0.1) is 0 Å². The number of hydrogen-bond donors (Lipinski definition) is 3. The molecule has 4 N–H and O–H groups in total. The third-order valence-electron chi connectivity index (χ3n) is 1.93. The van der Waals surface area contributed by atoms with E-state index in [1.54, 1.807) is 18.3 Å². The highest BCUT2D eigenvalue weighted by atomic mass is 79.9. The fourth-order valence-electron chi connectivity index (χ4n) is 1.15. The van der Waals surface area contributed by atoms with Crippen LogP contribution in [-0.4, -0.2) is 27.8 Å². The third kappa shape index (κ3) is 2.75. The van der Waals surface area contributed by atoms with Crippen molar-refractivity contribution in [2.45, 2.75) is 18.6 Å². The van der Waals surface area contributed by atoms with Gasteiger partial charge in [-0.15, -0.1) is 0 Å². The number of nitrogens with two attached hydrogens (primary N) is 1. The Morgan fingerprint density at radius 2 is 2.21 bits per heavy atom. The molecule has 0 amide bonds. The van der Waals surface area contributed by atoms with E-state index in [0.717, 1.165) is 0 Å². The number of nitrogens with zero attached hydrogens (tertiary/aromatic N) is 1. The first-order valence-electron chi connectivity index (χ1n) is 4.33. The number of halogens is 1. The van der Waals surface area contributed by atoms with Gasteiger partial charge in [0, 0.05) is 11.8 Å². The summed E-state index contributed by atoms with van der Waals surface area (Å²) < 4.78 is 0.545. The molecule has 0 saturated heterocycles. The van der Waals surface area contributed by atoms with Crippen LogP contribution in [0.3, 0.4) is 0 Å². The summed E-state index contributed by atoms with van der Waals surface area (Å²) in [7, 11) is 0. The molecule has 5 heteroatoms. The lowest BCUT2D eigenvalue weighted by Gasteiger charge is -2.17. The summed E-state index contributed by atoms with van der Waals surface area (Å²) in [5.74, 6) is 0. The van der Waals surface area contributed by atoms with Crippen molar-refractivity contribution in [3.63, 3.8) is 0 Å². The van der Waals surface area contributed by atoms with Gasteiger partial charge in [-0.05, 0) is 35.0 Å². The lowest BCUT2D eigenvalue weighted by Crippen LogP contribution is -2.22. The minimum atomic E-state index is -0.943. The van der Waals surface area contributed by atoms with Gasteiger partial charge in [-0.1, -0.05) is 6.07 Å². The van der Waals surface area contributed by atoms with Crippen LogP contribution in [0.5, 0.6) is 0 Å². The highest BCUT2D eigenvalue weighted by Gasteiger charge is 2.19. The Morgan fingerprint density at radius 1 is 1.50 bits per heavy atom. The van der Waals surface area contributed by atoms with E-state index in [-0.39, 0.29) is 0 Å². The van der Waals surface area contributed by atoms with E-state index in [1.165, 1.54) is 0 Å². The molecule has 78 valence electrons. The summed E-state index contributed by atoms with van der Waals surface area (Å²) in [6.45, 7) is 0.343. The first-order chi connectivity index (χ1) is 6.66. The van der Waals surface area contributed by atoms with Crippen LogP contribution in [0.15, 0.2) is 22.9 Å². The van der Waals surface area contributed by atoms with Gasteiger partial charge in [0.2, 0.25) is 0 Å². The second kappa shape index (κ2) is 5.41. The molecule has 0 bridgehead atoms.